The molecule has 1 saturated heterocycles. The average Bonchev–Trinajstić information content (AvgIpc) is 2.70. The highest BCUT2D eigenvalue weighted by atomic mass is 16.6. The Labute approximate surface area is 130 Å². The van der Waals surface area contributed by atoms with Gasteiger partial charge < -0.3 is 20.1 Å². The SMILES string of the molecule is C[C@@H]1[C@@H](O)[C@@H](O)[C@H](c2ccccc2)[N+]1([O-])Cc1ccccc1. The highest BCUT2D eigenvalue weighted by molar-refractivity contribution is 5.22. The zero-order valence-electron chi connectivity index (χ0n) is 12.5. The van der Waals surface area contributed by atoms with Crippen molar-refractivity contribution >= 4 is 0 Å². The Morgan fingerprint density at radius 3 is 2.05 bits per heavy atom. The third-order valence-corrected chi connectivity index (χ3v) is 4.74. The van der Waals surface area contributed by atoms with E-state index in [2.05, 4.69) is 0 Å². The quantitative estimate of drug-likeness (QED) is 0.675. The molecule has 0 aromatic heterocycles. The molecule has 0 radical (unpaired) electrons. The van der Waals surface area contributed by atoms with Crippen molar-refractivity contribution in [2.45, 2.75) is 37.8 Å². The fraction of sp³-hybridized carbons (Fsp3) is 0.333. The molecule has 2 N–H and O–H groups in total. The van der Waals surface area contributed by atoms with Crippen LogP contribution in [0, 0.1) is 5.21 Å². The van der Waals surface area contributed by atoms with E-state index in [0.29, 0.717) is 0 Å². The van der Waals surface area contributed by atoms with Gasteiger partial charge in [-0.1, -0.05) is 60.7 Å². The number of aliphatic hydroxyl groups is 2. The minimum Gasteiger partial charge on any atom is -0.632 e. The second kappa shape index (κ2) is 5.82. The van der Waals surface area contributed by atoms with Gasteiger partial charge in [0.1, 0.15) is 30.8 Å². The van der Waals surface area contributed by atoms with Crippen molar-refractivity contribution < 1.29 is 14.9 Å². The Balaban J connectivity index is 2.01. The van der Waals surface area contributed by atoms with Crippen LogP contribution in [0.2, 0.25) is 0 Å². The summed E-state index contributed by atoms with van der Waals surface area (Å²) in [5.41, 5.74) is 1.68. The summed E-state index contributed by atoms with van der Waals surface area (Å²) >= 11 is 0. The van der Waals surface area contributed by atoms with Gasteiger partial charge in [-0.05, 0) is 6.92 Å². The van der Waals surface area contributed by atoms with Gasteiger partial charge in [0.25, 0.3) is 0 Å². The maximum Gasteiger partial charge on any atom is 0.144 e. The molecule has 4 heteroatoms. The van der Waals surface area contributed by atoms with Crippen molar-refractivity contribution in [1.29, 1.82) is 0 Å². The van der Waals surface area contributed by atoms with Crippen LogP contribution in [0.15, 0.2) is 60.7 Å². The molecule has 4 nitrogen and oxygen atoms in total. The molecule has 116 valence electrons. The van der Waals surface area contributed by atoms with E-state index in [1.807, 2.05) is 60.7 Å². The Morgan fingerprint density at radius 1 is 0.909 bits per heavy atom. The van der Waals surface area contributed by atoms with Gasteiger partial charge in [-0.15, -0.1) is 0 Å². The number of hydrogen-bond acceptors (Lipinski definition) is 3. The first-order chi connectivity index (χ1) is 10.5. The van der Waals surface area contributed by atoms with Crippen LogP contribution in [0.4, 0.5) is 0 Å². The first-order valence-corrected chi connectivity index (χ1v) is 7.57. The summed E-state index contributed by atoms with van der Waals surface area (Å²) in [5, 5.41) is 34.2. The van der Waals surface area contributed by atoms with Gasteiger partial charge in [0, 0.05) is 11.1 Å². The van der Waals surface area contributed by atoms with E-state index < -0.39 is 28.9 Å². The van der Waals surface area contributed by atoms with E-state index in [1.54, 1.807) is 6.92 Å². The number of hydroxylamine groups is 3. The molecule has 2 aromatic carbocycles. The van der Waals surface area contributed by atoms with E-state index in [0.717, 1.165) is 11.1 Å². The third-order valence-electron chi connectivity index (χ3n) is 4.74. The zero-order chi connectivity index (χ0) is 15.7. The molecule has 1 unspecified atom stereocenters. The summed E-state index contributed by atoms with van der Waals surface area (Å²) in [5.74, 6) is 0. The predicted octanol–water partition coefficient (Wildman–Crippen LogP) is 2.37. The molecular weight excluding hydrogens is 278 g/mol. The van der Waals surface area contributed by atoms with E-state index in [1.165, 1.54) is 0 Å². The summed E-state index contributed by atoms with van der Waals surface area (Å²) in [6.45, 7) is 1.95. The molecule has 1 aliphatic rings. The van der Waals surface area contributed by atoms with Crippen molar-refractivity contribution in [2.75, 3.05) is 0 Å². The Kier molecular flexibility index (Phi) is 4.02. The smallest absolute Gasteiger partial charge is 0.144 e. The fourth-order valence-electron chi connectivity index (χ4n) is 3.45. The Hall–Kier alpha value is -1.72. The van der Waals surface area contributed by atoms with Crippen LogP contribution in [0.3, 0.4) is 0 Å². The largest absolute Gasteiger partial charge is 0.632 e. The molecule has 0 saturated carbocycles. The van der Waals surface area contributed by atoms with Gasteiger partial charge >= 0.3 is 0 Å². The lowest BCUT2D eigenvalue weighted by Gasteiger charge is -2.48. The minimum absolute atomic E-state index is 0.232. The van der Waals surface area contributed by atoms with Gasteiger partial charge in [-0.2, -0.15) is 0 Å². The second-order valence-electron chi connectivity index (χ2n) is 6.08. The molecule has 0 bridgehead atoms. The molecule has 1 fully saturated rings. The molecule has 22 heavy (non-hydrogen) atoms. The van der Waals surface area contributed by atoms with Gasteiger partial charge in [0.2, 0.25) is 0 Å². The van der Waals surface area contributed by atoms with Crippen LogP contribution in [-0.4, -0.2) is 33.1 Å². The predicted molar refractivity (Wildman–Crippen MR) is 84.4 cm³/mol. The lowest BCUT2D eigenvalue weighted by atomic mass is 10.0. The van der Waals surface area contributed by atoms with Crippen molar-refractivity contribution in [3.8, 4) is 0 Å². The summed E-state index contributed by atoms with van der Waals surface area (Å²) < 4.78 is -0.643. The number of rotatable bonds is 3. The highest BCUT2D eigenvalue weighted by Crippen LogP contribution is 2.44. The number of hydrogen-bond donors (Lipinski definition) is 2. The second-order valence-corrected chi connectivity index (χ2v) is 6.08. The molecule has 0 amide bonds. The molecule has 3 rings (SSSR count). The molecular formula is C18H21NO3. The summed E-state index contributed by atoms with van der Waals surface area (Å²) in [6.07, 6.45) is -2.08. The van der Waals surface area contributed by atoms with E-state index in [-0.39, 0.29) is 6.54 Å². The van der Waals surface area contributed by atoms with E-state index in [9.17, 15) is 15.4 Å². The first kappa shape index (κ1) is 15.2. The first-order valence-electron chi connectivity index (χ1n) is 7.57. The maximum atomic E-state index is 13.6. The van der Waals surface area contributed by atoms with Gasteiger partial charge in [-0.3, -0.25) is 0 Å². The summed E-state index contributed by atoms with van der Waals surface area (Å²) in [7, 11) is 0. The topological polar surface area (TPSA) is 63.5 Å². The van der Waals surface area contributed by atoms with Gasteiger partial charge in [-0.25, -0.2) is 0 Å². The van der Waals surface area contributed by atoms with Gasteiger partial charge in [0.05, 0.1) is 0 Å². The number of quaternary nitrogens is 1. The van der Waals surface area contributed by atoms with E-state index in [4.69, 9.17) is 0 Å². The van der Waals surface area contributed by atoms with Crippen LogP contribution < -0.4 is 0 Å². The monoisotopic (exact) mass is 299 g/mol. The van der Waals surface area contributed by atoms with Crippen LogP contribution in [0.5, 0.6) is 0 Å². The summed E-state index contributed by atoms with van der Waals surface area (Å²) in [4.78, 5) is 0. The number of likely N-dealkylation sites (tertiary alicyclic amines) is 1. The lowest BCUT2D eigenvalue weighted by molar-refractivity contribution is -0.935. The van der Waals surface area contributed by atoms with Crippen molar-refractivity contribution in [3.05, 3.63) is 77.0 Å². The van der Waals surface area contributed by atoms with Crippen molar-refractivity contribution in [2.24, 2.45) is 0 Å². The number of aliphatic hydroxyl groups excluding tert-OH is 2. The fourth-order valence-corrected chi connectivity index (χ4v) is 3.45. The highest BCUT2D eigenvalue weighted by Gasteiger charge is 2.54. The van der Waals surface area contributed by atoms with Crippen LogP contribution in [0.25, 0.3) is 0 Å². The zero-order valence-corrected chi connectivity index (χ0v) is 12.5. The molecule has 0 spiro atoms. The number of nitrogens with zero attached hydrogens (tertiary/aromatic N) is 1. The molecule has 1 heterocycles. The molecule has 2 aromatic rings. The summed E-state index contributed by atoms with van der Waals surface area (Å²) in [6, 6.07) is 17.5. The van der Waals surface area contributed by atoms with Gasteiger partial charge in [0.15, 0.2) is 0 Å². The van der Waals surface area contributed by atoms with Crippen molar-refractivity contribution in [1.82, 2.24) is 0 Å². The minimum atomic E-state index is -1.06. The van der Waals surface area contributed by atoms with Crippen LogP contribution in [0.1, 0.15) is 24.1 Å². The molecule has 0 aliphatic carbocycles. The lowest BCUT2D eigenvalue weighted by Crippen LogP contribution is -2.48. The Morgan fingerprint density at radius 2 is 1.45 bits per heavy atom. The van der Waals surface area contributed by atoms with E-state index >= 15 is 0 Å². The standard InChI is InChI=1S/C18H21NO3/c1-13-17(20)18(21)16(15-10-6-3-7-11-15)19(13,22)12-14-8-4-2-5-9-14/h2-11,13,16-18,20-21H,12H2,1H3/t13-,16+,17-,18+,19?/m1/s1. The Bertz CT molecular complexity index is 619. The molecule has 1 aliphatic heterocycles. The third kappa shape index (κ3) is 2.44. The average molecular weight is 299 g/mol. The van der Waals surface area contributed by atoms with Crippen molar-refractivity contribution in [3.63, 3.8) is 0 Å². The number of benzene rings is 2. The maximum absolute atomic E-state index is 13.6. The van der Waals surface area contributed by atoms with Crippen LogP contribution >= 0.6 is 0 Å². The van der Waals surface area contributed by atoms with Crippen LogP contribution in [-0.2, 0) is 6.54 Å². The normalized spacial score (nSPS) is 34.7. The molecule has 5 atom stereocenters.